The summed E-state index contributed by atoms with van der Waals surface area (Å²) in [6, 6.07) is 58.7. The second kappa shape index (κ2) is 11.2. The normalized spacial score (nSPS) is 11.4. The molecule has 4 heteroatoms. The summed E-state index contributed by atoms with van der Waals surface area (Å²) >= 11 is 0. The number of oxazole rings is 1. The molecule has 0 bridgehead atoms. The molecule has 2 heterocycles. The van der Waals surface area contributed by atoms with E-state index in [1.807, 2.05) is 60.7 Å². The predicted octanol–water partition coefficient (Wildman–Crippen LogP) is 12.2. The lowest BCUT2D eigenvalue weighted by Crippen LogP contribution is -2.09. The molecule has 0 aliphatic rings. The van der Waals surface area contributed by atoms with E-state index in [1.165, 1.54) is 22.3 Å². The standard InChI is InChI=1S/C43H28N2O2/c1-4-10-29(11-5-1)30-16-18-31(19-17-30)32-20-22-35(23-21-32)45(34-14-8-3-9-15-34)36-24-25-38-37(28-36)41-39(46-38)26-27-40-42(41)44-43(47-40)33-12-6-2-7-13-33/h1-28H. The summed E-state index contributed by atoms with van der Waals surface area (Å²) in [4.78, 5) is 7.22. The van der Waals surface area contributed by atoms with Gasteiger partial charge in [-0.25, -0.2) is 4.98 Å². The lowest BCUT2D eigenvalue weighted by Gasteiger charge is -2.25. The van der Waals surface area contributed by atoms with Gasteiger partial charge in [0, 0.05) is 28.0 Å². The van der Waals surface area contributed by atoms with Crippen molar-refractivity contribution in [3.8, 4) is 33.7 Å². The number of rotatable bonds is 6. The van der Waals surface area contributed by atoms with Crippen LogP contribution in [0.25, 0.3) is 66.7 Å². The minimum Gasteiger partial charge on any atom is -0.456 e. The number of fused-ring (bicyclic) bond motifs is 5. The summed E-state index contributed by atoms with van der Waals surface area (Å²) in [5.74, 6) is 0.597. The Hall–Kier alpha value is -6.39. The number of furan rings is 1. The predicted molar refractivity (Wildman–Crippen MR) is 192 cm³/mol. The van der Waals surface area contributed by atoms with E-state index in [0.717, 1.165) is 55.7 Å². The van der Waals surface area contributed by atoms with Crippen molar-refractivity contribution in [1.82, 2.24) is 4.98 Å². The van der Waals surface area contributed by atoms with Crippen molar-refractivity contribution in [1.29, 1.82) is 0 Å². The monoisotopic (exact) mass is 604 g/mol. The number of benzene rings is 7. The van der Waals surface area contributed by atoms with Crippen LogP contribution in [0.1, 0.15) is 0 Å². The molecule has 47 heavy (non-hydrogen) atoms. The SMILES string of the molecule is c1ccc(-c2ccc(-c3ccc(N(c4ccccc4)c4ccc5oc6ccc7oc(-c8ccccc8)nc7c6c5c4)cc3)cc2)cc1. The molecule has 0 saturated heterocycles. The van der Waals surface area contributed by atoms with Gasteiger partial charge in [0.25, 0.3) is 0 Å². The van der Waals surface area contributed by atoms with E-state index in [-0.39, 0.29) is 0 Å². The molecule has 0 aliphatic carbocycles. The van der Waals surface area contributed by atoms with E-state index in [4.69, 9.17) is 13.8 Å². The van der Waals surface area contributed by atoms with Crippen LogP contribution in [-0.4, -0.2) is 4.98 Å². The number of nitrogens with zero attached hydrogens (tertiary/aromatic N) is 2. The molecule has 0 aliphatic heterocycles. The number of para-hydroxylation sites is 1. The largest absolute Gasteiger partial charge is 0.456 e. The first-order valence-electron chi connectivity index (χ1n) is 15.7. The van der Waals surface area contributed by atoms with E-state index in [0.29, 0.717) is 5.89 Å². The van der Waals surface area contributed by atoms with Crippen LogP contribution >= 0.6 is 0 Å². The molecule has 4 nitrogen and oxygen atoms in total. The van der Waals surface area contributed by atoms with Gasteiger partial charge in [-0.1, -0.05) is 103 Å². The molecule has 2 aromatic heterocycles. The van der Waals surface area contributed by atoms with Crippen LogP contribution < -0.4 is 4.90 Å². The fraction of sp³-hybridized carbons (Fsp3) is 0. The van der Waals surface area contributed by atoms with Gasteiger partial charge >= 0.3 is 0 Å². The fourth-order valence-corrected chi connectivity index (χ4v) is 6.40. The summed E-state index contributed by atoms with van der Waals surface area (Å²) in [5.41, 5.74) is 12.0. The molecule has 0 atom stereocenters. The van der Waals surface area contributed by atoms with Gasteiger partial charge in [0.2, 0.25) is 5.89 Å². The summed E-state index contributed by atoms with van der Waals surface area (Å²) in [5, 5.41) is 1.94. The smallest absolute Gasteiger partial charge is 0.227 e. The lowest BCUT2D eigenvalue weighted by molar-refractivity contribution is 0.619. The third kappa shape index (κ3) is 4.84. The van der Waals surface area contributed by atoms with Gasteiger partial charge in [-0.3, -0.25) is 0 Å². The van der Waals surface area contributed by atoms with Crippen LogP contribution in [0.2, 0.25) is 0 Å². The first-order valence-corrected chi connectivity index (χ1v) is 15.7. The zero-order chi connectivity index (χ0) is 31.2. The van der Waals surface area contributed by atoms with Crippen LogP contribution in [0.5, 0.6) is 0 Å². The molecule has 9 rings (SSSR count). The van der Waals surface area contributed by atoms with Crippen molar-refractivity contribution >= 4 is 50.1 Å². The lowest BCUT2D eigenvalue weighted by atomic mass is 10.00. The highest BCUT2D eigenvalue weighted by atomic mass is 16.4. The molecule has 9 aromatic rings. The van der Waals surface area contributed by atoms with Crippen molar-refractivity contribution in [2.75, 3.05) is 4.90 Å². The maximum Gasteiger partial charge on any atom is 0.227 e. The van der Waals surface area contributed by atoms with E-state index in [1.54, 1.807) is 0 Å². The average molecular weight is 605 g/mol. The van der Waals surface area contributed by atoms with Crippen molar-refractivity contribution in [2.24, 2.45) is 0 Å². The van der Waals surface area contributed by atoms with Gasteiger partial charge in [-0.2, -0.15) is 0 Å². The van der Waals surface area contributed by atoms with Crippen molar-refractivity contribution in [3.63, 3.8) is 0 Å². The van der Waals surface area contributed by atoms with E-state index >= 15 is 0 Å². The van der Waals surface area contributed by atoms with Gasteiger partial charge in [0.15, 0.2) is 5.58 Å². The summed E-state index contributed by atoms with van der Waals surface area (Å²) in [6.07, 6.45) is 0. The number of anilines is 3. The molecule has 0 N–H and O–H groups in total. The van der Waals surface area contributed by atoms with Gasteiger partial charge in [0.05, 0.1) is 5.39 Å². The van der Waals surface area contributed by atoms with Gasteiger partial charge in [-0.15, -0.1) is 0 Å². The Kier molecular flexibility index (Phi) is 6.43. The van der Waals surface area contributed by atoms with Gasteiger partial charge < -0.3 is 13.7 Å². The van der Waals surface area contributed by atoms with Crippen LogP contribution in [0.3, 0.4) is 0 Å². The highest BCUT2D eigenvalue weighted by Gasteiger charge is 2.19. The van der Waals surface area contributed by atoms with Crippen LogP contribution in [0, 0.1) is 0 Å². The van der Waals surface area contributed by atoms with E-state index in [9.17, 15) is 0 Å². The quantitative estimate of drug-likeness (QED) is 0.189. The molecule has 0 radical (unpaired) electrons. The van der Waals surface area contributed by atoms with E-state index in [2.05, 4.69) is 114 Å². The third-order valence-electron chi connectivity index (χ3n) is 8.72. The van der Waals surface area contributed by atoms with Crippen molar-refractivity contribution in [2.45, 2.75) is 0 Å². The minimum absolute atomic E-state index is 0.597. The van der Waals surface area contributed by atoms with Crippen LogP contribution in [0.15, 0.2) is 179 Å². The molecule has 0 saturated carbocycles. The summed E-state index contributed by atoms with van der Waals surface area (Å²) in [6.45, 7) is 0. The van der Waals surface area contributed by atoms with Crippen molar-refractivity contribution in [3.05, 3.63) is 170 Å². The van der Waals surface area contributed by atoms with Crippen LogP contribution in [0.4, 0.5) is 17.1 Å². The zero-order valence-electron chi connectivity index (χ0n) is 25.4. The molecular formula is C43H28N2O2. The molecule has 0 unspecified atom stereocenters. The Morgan fingerprint density at radius 3 is 1.53 bits per heavy atom. The van der Waals surface area contributed by atoms with E-state index < -0.39 is 0 Å². The molecule has 0 fully saturated rings. The number of aromatic nitrogens is 1. The second-order valence-electron chi connectivity index (χ2n) is 11.6. The highest BCUT2D eigenvalue weighted by molar-refractivity contribution is 6.17. The summed E-state index contributed by atoms with van der Waals surface area (Å²) < 4.78 is 12.5. The minimum atomic E-state index is 0.597. The molecule has 7 aromatic carbocycles. The van der Waals surface area contributed by atoms with Gasteiger partial charge in [-0.05, 0) is 89.0 Å². The first kappa shape index (κ1) is 27.0. The average Bonchev–Trinajstić information content (AvgIpc) is 3.75. The Bertz CT molecular complexity index is 2480. The molecule has 0 spiro atoms. The Morgan fingerprint density at radius 1 is 0.383 bits per heavy atom. The summed E-state index contributed by atoms with van der Waals surface area (Å²) in [7, 11) is 0. The van der Waals surface area contributed by atoms with Crippen molar-refractivity contribution < 1.29 is 8.83 Å². The topological polar surface area (TPSA) is 42.4 Å². The number of hydrogen-bond acceptors (Lipinski definition) is 4. The first-order chi connectivity index (χ1) is 23.3. The van der Waals surface area contributed by atoms with Crippen LogP contribution in [-0.2, 0) is 0 Å². The maximum atomic E-state index is 6.32. The molecule has 222 valence electrons. The highest BCUT2D eigenvalue weighted by Crippen LogP contribution is 2.41. The zero-order valence-corrected chi connectivity index (χ0v) is 25.4. The molecular weight excluding hydrogens is 576 g/mol. The third-order valence-corrected chi connectivity index (χ3v) is 8.72. The Labute approximate surface area is 271 Å². The Morgan fingerprint density at radius 2 is 0.872 bits per heavy atom. The molecule has 0 amide bonds. The van der Waals surface area contributed by atoms with Gasteiger partial charge in [0.1, 0.15) is 16.7 Å². The number of hydrogen-bond donors (Lipinski definition) is 0. The fourth-order valence-electron chi connectivity index (χ4n) is 6.40. The maximum absolute atomic E-state index is 6.32. The Balaban J connectivity index is 1.13. The second-order valence-corrected chi connectivity index (χ2v) is 11.6.